The molecule has 4 heteroatoms. The van der Waals surface area contributed by atoms with Crippen LogP contribution >= 0.6 is 0 Å². The third-order valence-corrected chi connectivity index (χ3v) is 7.52. The normalized spacial score (nSPS) is 25.2. The van der Waals surface area contributed by atoms with E-state index < -0.39 is 0 Å². The molecule has 164 valence electrons. The molecule has 2 aliphatic heterocycles. The number of carbonyl (C=O) groups is 1. The van der Waals surface area contributed by atoms with Gasteiger partial charge in [0.2, 0.25) is 5.91 Å². The van der Waals surface area contributed by atoms with Gasteiger partial charge in [0, 0.05) is 19.5 Å². The monoisotopic (exact) mass is 418 g/mol. The van der Waals surface area contributed by atoms with E-state index >= 15 is 0 Å². The van der Waals surface area contributed by atoms with Crippen molar-refractivity contribution in [1.29, 1.82) is 0 Å². The lowest BCUT2D eigenvalue weighted by molar-refractivity contribution is -0.118. The number of benzene rings is 2. The summed E-state index contributed by atoms with van der Waals surface area (Å²) in [4.78, 5) is 15.6. The molecule has 4 nitrogen and oxygen atoms in total. The number of piperidine rings is 1. The predicted octanol–water partition coefficient (Wildman–Crippen LogP) is 5.59. The quantitative estimate of drug-likeness (QED) is 0.706. The molecule has 2 atom stereocenters. The van der Waals surface area contributed by atoms with Crippen molar-refractivity contribution in [3.63, 3.8) is 0 Å². The molecule has 2 aromatic carbocycles. The number of ether oxygens (including phenoxy) is 1. The predicted molar refractivity (Wildman–Crippen MR) is 125 cm³/mol. The van der Waals surface area contributed by atoms with E-state index in [2.05, 4.69) is 28.4 Å². The number of fused-ring (bicyclic) bond motifs is 2. The molecule has 0 radical (unpaired) electrons. The Kier molecular flexibility index (Phi) is 6.26. The van der Waals surface area contributed by atoms with E-state index in [-0.39, 0.29) is 5.91 Å². The molecule has 1 saturated heterocycles. The molecule has 0 unspecified atom stereocenters. The highest BCUT2D eigenvalue weighted by atomic mass is 16.5. The van der Waals surface area contributed by atoms with Crippen LogP contribution < -0.4 is 10.1 Å². The van der Waals surface area contributed by atoms with E-state index in [1.54, 1.807) is 0 Å². The van der Waals surface area contributed by atoms with Crippen molar-refractivity contribution in [3.05, 3.63) is 48.5 Å². The highest BCUT2D eigenvalue weighted by molar-refractivity contribution is 5.93. The molecule has 31 heavy (non-hydrogen) atoms. The highest BCUT2D eigenvalue weighted by Gasteiger charge is 2.32. The van der Waals surface area contributed by atoms with Crippen LogP contribution in [-0.2, 0) is 4.79 Å². The molecule has 1 amide bonds. The fraction of sp³-hybridized carbons (Fsp3) is 0.519. The molecule has 0 spiro atoms. The first-order chi connectivity index (χ1) is 15.2. The van der Waals surface area contributed by atoms with Crippen molar-refractivity contribution < 1.29 is 9.53 Å². The van der Waals surface area contributed by atoms with Crippen molar-refractivity contribution >= 4 is 11.6 Å². The minimum absolute atomic E-state index is 0.121. The first-order valence-electron chi connectivity index (χ1n) is 12.1. The SMILES string of the molecule is O=C1C[C@@H]2CCN(CC3CCCC3)C[C@@H]2CCOc2ccc(-c3ccccc3)cc2N1. The summed E-state index contributed by atoms with van der Waals surface area (Å²) in [7, 11) is 0. The largest absolute Gasteiger partial charge is 0.491 e. The van der Waals surface area contributed by atoms with Crippen LogP contribution in [0.1, 0.15) is 44.9 Å². The van der Waals surface area contributed by atoms with Gasteiger partial charge in [-0.2, -0.15) is 0 Å². The van der Waals surface area contributed by atoms with Crippen LogP contribution in [0, 0.1) is 17.8 Å². The first-order valence-corrected chi connectivity index (χ1v) is 12.1. The zero-order chi connectivity index (χ0) is 21.0. The minimum atomic E-state index is 0.121. The lowest BCUT2D eigenvalue weighted by Crippen LogP contribution is -2.44. The third-order valence-electron chi connectivity index (χ3n) is 7.52. The van der Waals surface area contributed by atoms with Crippen molar-refractivity contribution in [2.45, 2.75) is 44.9 Å². The maximum atomic E-state index is 12.9. The number of rotatable bonds is 3. The van der Waals surface area contributed by atoms with Gasteiger partial charge in [-0.1, -0.05) is 49.2 Å². The van der Waals surface area contributed by atoms with Gasteiger partial charge in [-0.15, -0.1) is 0 Å². The van der Waals surface area contributed by atoms with Crippen LogP contribution in [0.25, 0.3) is 11.1 Å². The summed E-state index contributed by atoms with van der Waals surface area (Å²) in [6.45, 7) is 4.23. The summed E-state index contributed by atoms with van der Waals surface area (Å²) in [5, 5.41) is 3.17. The molecule has 1 saturated carbocycles. The molecular weight excluding hydrogens is 384 g/mol. The number of anilines is 1. The van der Waals surface area contributed by atoms with E-state index in [1.165, 1.54) is 32.2 Å². The molecule has 3 aliphatic rings. The number of carbonyl (C=O) groups excluding carboxylic acids is 1. The summed E-state index contributed by atoms with van der Waals surface area (Å²) >= 11 is 0. The van der Waals surface area contributed by atoms with Crippen molar-refractivity contribution in [2.75, 3.05) is 31.6 Å². The Balaban J connectivity index is 1.29. The molecule has 5 rings (SSSR count). The molecule has 2 fully saturated rings. The van der Waals surface area contributed by atoms with E-state index in [9.17, 15) is 4.79 Å². The molecule has 1 aliphatic carbocycles. The van der Waals surface area contributed by atoms with Crippen LogP contribution in [0.5, 0.6) is 5.75 Å². The van der Waals surface area contributed by atoms with Crippen molar-refractivity contribution in [1.82, 2.24) is 4.90 Å². The number of nitrogens with one attached hydrogen (secondary N) is 1. The maximum Gasteiger partial charge on any atom is 0.224 e. The van der Waals surface area contributed by atoms with Gasteiger partial charge in [0.15, 0.2) is 0 Å². The zero-order valence-electron chi connectivity index (χ0n) is 18.4. The van der Waals surface area contributed by atoms with Crippen LogP contribution in [0.2, 0.25) is 0 Å². The third kappa shape index (κ3) is 4.95. The standard InChI is InChI=1S/C27H34N2O2/c30-27-17-23-12-14-29(18-20-6-4-5-7-20)19-24(23)13-15-31-26-11-10-22(16-25(26)28-27)21-8-2-1-3-9-21/h1-3,8-11,16,20,23-24H,4-7,12-15,17-19H2,(H,28,30)/t23-,24-/m0/s1. The van der Waals surface area contributed by atoms with E-state index in [4.69, 9.17) is 4.74 Å². The number of amides is 1. The average Bonchev–Trinajstić information content (AvgIpc) is 3.30. The van der Waals surface area contributed by atoms with Crippen LogP contribution in [0.15, 0.2) is 48.5 Å². The zero-order valence-corrected chi connectivity index (χ0v) is 18.4. The topological polar surface area (TPSA) is 41.6 Å². The van der Waals surface area contributed by atoms with Crippen molar-refractivity contribution in [3.8, 4) is 16.9 Å². The second-order valence-corrected chi connectivity index (χ2v) is 9.69. The Bertz CT molecular complexity index is 891. The van der Waals surface area contributed by atoms with Crippen molar-refractivity contribution in [2.24, 2.45) is 17.8 Å². The van der Waals surface area contributed by atoms with E-state index in [0.29, 0.717) is 24.9 Å². The smallest absolute Gasteiger partial charge is 0.224 e. The Morgan fingerprint density at radius 3 is 2.61 bits per heavy atom. The van der Waals surface area contributed by atoms with Gasteiger partial charge in [0.1, 0.15) is 5.75 Å². The maximum absolute atomic E-state index is 12.9. The Labute approximate surface area is 186 Å². The lowest BCUT2D eigenvalue weighted by atomic mass is 9.80. The molecular formula is C27H34N2O2. The molecule has 2 aromatic rings. The Morgan fingerprint density at radius 1 is 0.935 bits per heavy atom. The number of hydrogen-bond acceptors (Lipinski definition) is 3. The van der Waals surface area contributed by atoms with E-state index in [1.807, 2.05) is 30.3 Å². The average molecular weight is 419 g/mol. The van der Waals surface area contributed by atoms with Gasteiger partial charge < -0.3 is 15.0 Å². The summed E-state index contributed by atoms with van der Waals surface area (Å²) in [5.41, 5.74) is 3.04. The lowest BCUT2D eigenvalue weighted by Gasteiger charge is -2.40. The van der Waals surface area contributed by atoms with Gasteiger partial charge in [-0.3, -0.25) is 4.79 Å². The first kappa shape index (κ1) is 20.6. The molecule has 2 heterocycles. The number of nitrogens with zero attached hydrogens (tertiary/aromatic N) is 1. The van der Waals surface area contributed by atoms with E-state index in [0.717, 1.165) is 54.4 Å². The summed E-state index contributed by atoms with van der Waals surface area (Å²) < 4.78 is 6.19. The minimum Gasteiger partial charge on any atom is -0.491 e. The van der Waals surface area contributed by atoms with Gasteiger partial charge >= 0.3 is 0 Å². The van der Waals surface area contributed by atoms with Crippen LogP contribution in [0.3, 0.4) is 0 Å². The van der Waals surface area contributed by atoms with Gasteiger partial charge in [0.05, 0.1) is 12.3 Å². The summed E-state index contributed by atoms with van der Waals surface area (Å²) in [6, 6.07) is 16.4. The highest BCUT2D eigenvalue weighted by Crippen LogP contribution is 2.36. The molecule has 1 N–H and O–H groups in total. The molecule has 0 aromatic heterocycles. The number of hydrogen-bond donors (Lipinski definition) is 1. The second kappa shape index (κ2) is 9.44. The van der Waals surface area contributed by atoms with Gasteiger partial charge in [-0.05, 0) is 73.2 Å². The Morgan fingerprint density at radius 2 is 1.77 bits per heavy atom. The fourth-order valence-electron chi connectivity index (χ4n) is 5.80. The van der Waals surface area contributed by atoms with Crippen LogP contribution in [-0.4, -0.2) is 37.0 Å². The van der Waals surface area contributed by atoms with Gasteiger partial charge in [0.25, 0.3) is 0 Å². The summed E-state index contributed by atoms with van der Waals surface area (Å²) in [5.74, 6) is 2.80. The Hall–Kier alpha value is -2.33. The summed E-state index contributed by atoms with van der Waals surface area (Å²) in [6.07, 6.45) is 8.39. The molecule has 0 bridgehead atoms. The van der Waals surface area contributed by atoms with Crippen LogP contribution in [0.4, 0.5) is 5.69 Å². The van der Waals surface area contributed by atoms with Gasteiger partial charge in [-0.25, -0.2) is 0 Å². The second-order valence-electron chi connectivity index (χ2n) is 9.69. The number of likely N-dealkylation sites (tertiary alicyclic amines) is 1. The fourth-order valence-corrected chi connectivity index (χ4v) is 5.80.